The quantitative estimate of drug-likeness (QED) is 0.606. The summed E-state index contributed by atoms with van der Waals surface area (Å²) in [6, 6.07) is 0. The van der Waals surface area contributed by atoms with E-state index in [1.165, 1.54) is 33.5 Å². The minimum Gasteiger partial charge on any atom is -0.383 e. The van der Waals surface area contributed by atoms with Crippen LogP contribution in [0.25, 0.3) is 0 Å². The number of rotatable bonds is 5. The van der Waals surface area contributed by atoms with Gasteiger partial charge < -0.3 is 10.6 Å². The molecule has 0 aromatic heterocycles. The highest BCUT2D eigenvalue weighted by Gasteiger charge is 2.11. The predicted molar refractivity (Wildman–Crippen MR) is 72.7 cm³/mol. The van der Waals surface area contributed by atoms with Crippen LogP contribution in [0.3, 0.4) is 0 Å². The molecule has 0 aliphatic carbocycles. The van der Waals surface area contributed by atoms with Gasteiger partial charge in [0.2, 0.25) is 6.41 Å². The Labute approximate surface area is 104 Å². The Bertz CT molecular complexity index is 396. The van der Waals surface area contributed by atoms with E-state index >= 15 is 0 Å². The molecular weight excluding hydrogens is 212 g/mol. The third kappa shape index (κ3) is 2.78. The van der Waals surface area contributed by atoms with Gasteiger partial charge in [-0.05, 0) is 62.4 Å². The molecule has 0 saturated carbocycles. The summed E-state index contributed by atoms with van der Waals surface area (Å²) in [5, 5.41) is 6.06. The third-order valence-electron chi connectivity index (χ3n) is 3.65. The van der Waals surface area contributed by atoms with E-state index in [2.05, 4.69) is 45.3 Å². The smallest absolute Gasteiger partial charge is 0.207 e. The lowest BCUT2D eigenvalue weighted by atomic mass is 9.93. The Morgan fingerprint density at radius 1 is 0.824 bits per heavy atom. The maximum Gasteiger partial charge on any atom is 0.207 e. The molecule has 0 atom stereocenters. The first-order valence-corrected chi connectivity index (χ1v) is 5.98. The van der Waals surface area contributed by atoms with Gasteiger partial charge in [-0.2, -0.15) is 0 Å². The van der Waals surface area contributed by atoms with Crippen molar-refractivity contribution in [2.24, 2.45) is 0 Å². The third-order valence-corrected chi connectivity index (χ3v) is 3.65. The van der Waals surface area contributed by atoms with Crippen molar-refractivity contribution in [2.75, 3.05) is 18.4 Å². The lowest BCUT2D eigenvalue weighted by Crippen LogP contribution is -2.21. The van der Waals surface area contributed by atoms with E-state index in [-0.39, 0.29) is 0 Å². The lowest BCUT2D eigenvalue weighted by molar-refractivity contribution is -0.109. The van der Waals surface area contributed by atoms with Crippen molar-refractivity contribution in [1.82, 2.24) is 5.32 Å². The molecule has 94 valence electrons. The van der Waals surface area contributed by atoms with Crippen LogP contribution in [-0.2, 0) is 4.79 Å². The molecule has 3 nitrogen and oxygen atoms in total. The van der Waals surface area contributed by atoms with Crippen LogP contribution in [0.15, 0.2) is 0 Å². The average Bonchev–Trinajstić information content (AvgIpc) is 2.33. The zero-order valence-electron chi connectivity index (χ0n) is 11.4. The van der Waals surface area contributed by atoms with Gasteiger partial charge in [-0.1, -0.05) is 0 Å². The summed E-state index contributed by atoms with van der Waals surface area (Å²) < 4.78 is 0. The molecule has 0 radical (unpaired) electrons. The second-order valence-electron chi connectivity index (χ2n) is 4.50. The Balaban J connectivity index is 2.95. The zero-order chi connectivity index (χ0) is 13.0. The summed E-state index contributed by atoms with van der Waals surface area (Å²) in [6.07, 6.45) is 0.729. The van der Waals surface area contributed by atoms with E-state index in [9.17, 15) is 4.79 Å². The first-order valence-electron chi connectivity index (χ1n) is 5.98. The fraction of sp³-hybridized carbons (Fsp3) is 0.500. The number of amides is 1. The van der Waals surface area contributed by atoms with Gasteiger partial charge in [-0.25, -0.2) is 0 Å². The molecule has 2 N–H and O–H groups in total. The van der Waals surface area contributed by atoms with Crippen molar-refractivity contribution in [3.63, 3.8) is 0 Å². The number of anilines is 1. The number of carbonyl (C=O) groups is 1. The summed E-state index contributed by atoms with van der Waals surface area (Å²) in [5.74, 6) is 0. The van der Waals surface area contributed by atoms with Gasteiger partial charge >= 0.3 is 0 Å². The molecule has 0 bridgehead atoms. The van der Waals surface area contributed by atoms with Gasteiger partial charge in [0.25, 0.3) is 0 Å². The molecule has 0 fully saturated rings. The number of benzene rings is 1. The molecule has 0 aliphatic heterocycles. The maximum absolute atomic E-state index is 10.2. The van der Waals surface area contributed by atoms with Gasteiger partial charge in [-0.15, -0.1) is 0 Å². The molecule has 1 aromatic rings. The van der Waals surface area contributed by atoms with Crippen molar-refractivity contribution < 1.29 is 4.79 Å². The summed E-state index contributed by atoms with van der Waals surface area (Å²) in [7, 11) is 0. The summed E-state index contributed by atoms with van der Waals surface area (Å²) >= 11 is 0. The number of carbonyl (C=O) groups excluding carboxylic acids is 1. The summed E-state index contributed by atoms with van der Waals surface area (Å²) in [6.45, 7) is 12.2. The highest BCUT2D eigenvalue weighted by atomic mass is 16.1. The molecule has 0 spiro atoms. The Kier molecular flexibility index (Phi) is 4.55. The number of hydrogen-bond acceptors (Lipinski definition) is 2. The molecule has 3 heteroatoms. The SMILES string of the molecule is Cc1c(C)c(C)c(NCCNC=O)c(C)c1C. The highest BCUT2D eigenvalue weighted by molar-refractivity contribution is 5.64. The minimum absolute atomic E-state index is 0.647. The molecule has 1 aromatic carbocycles. The van der Waals surface area contributed by atoms with Gasteiger partial charge in [0.05, 0.1) is 0 Å². The van der Waals surface area contributed by atoms with Crippen LogP contribution in [0.1, 0.15) is 27.8 Å². The molecule has 0 saturated heterocycles. The number of hydrogen-bond donors (Lipinski definition) is 2. The largest absolute Gasteiger partial charge is 0.383 e. The van der Waals surface area contributed by atoms with Gasteiger partial charge in [0.1, 0.15) is 0 Å². The topological polar surface area (TPSA) is 41.1 Å². The van der Waals surface area contributed by atoms with E-state index in [1.54, 1.807) is 0 Å². The average molecular weight is 234 g/mol. The highest BCUT2D eigenvalue weighted by Crippen LogP contribution is 2.29. The molecular formula is C14H22N2O. The Hall–Kier alpha value is -1.51. The monoisotopic (exact) mass is 234 g/mol. The van der Waals surface area contributed by atoms with Crippen LogP contribution in [0.4, 0.5) is 5.69 Å². The fourth-order valence-electron chi connectivity index (χ4n) is 2.08. The normalized spacial score (nSPS) is 10.2. The van der Waals surface area contributed by atoms with E-state index in [0.717, 1.165) is 13.0 Å². The van der Waals surface area contributed by atoms with Crippen LogP contribution in [0, 0.1) is 34.6 Å². The van der Waals surface area contributed by atoms with E-state index in [4.69, 9.17) is 0 Å². The molecule has 0 heterocycles. The lowest BCUT2D eigenvalue weighted by Gasteiger charge is -2.19. The number of nitrogens with one attached hydrogen (secondary N) is 2. The van der Waals surface area contributed by atoms with Crippen LogP contribution >= 0.6 is 0 Å². The standard InChI is InChI=1S/C14H22N2O/c1-9-10(2)12(4)14(13(5)11(9)3)16-7-6-15-8-17/h8,16H,6-7H2,1-5H3,(H,15,17). The van der Waals surface area contributed by atoms with Gasteiger partial charge in [0.15, 0.2) is 0 Å². The van der Waals surface area contributed by atoms with Crippen LogP contribution in [0.2, 0.25) is 0 Å². The second kappa shape index (κ2) is 5.71. The molecule has 0 aliphatic rings. The fourth-order valence-corrected chi connectivity index (χ4v) is 2.08. The Morgan fingerprint density at radius 2 is 1.29 bits per heavy atom. The van der Waals surface area contributed by atoms with Crippen molar-refractivity contribution in [3.8, 4) is 0 Å². The molecule has 17 heavy (non-hydrogen) atoms. The van der Waals surface area contributed by atoms with Crippen LogP contribution in [-0.4, -0.2) is 19.5 Å². The molecule has 1 amide bonds. The minimum atomic E-state index is 0.647. The van der Waals surface area contributed by atoms with Crippen molar-refractivity contribution in [2.45, 2.75) is 34.6 Å². The van der Waals surface area contributed by atoms with Crippen LogP contribution < -0.4 is 10.6 Å². The molecule has 0 unspecified atom stereocenters. The van der Waals surface area contributed by atoms with Crippen molar-refractivity contribution in [1.29, 1.82) is 0 Å². The van der Waals surface area contributed by atoms with E-state index in [0.29, 0.717) is 6.54 Å². The van der Waals surface area contributed by atoms with E-state index < -0.39 is 0 Å². The second-order valence-corrected chi connectivity index (χ2v) is 4.50. The summed E-state index contributed by atoms with van der Waals surface area (Å²) in [4.78, 5) is 10.2. The van der Waals surface area contributed by atoms with Crippen molar-refractivity contribution >= 4 is 12.1 Å². The first kappa shape index (κ1) is 13.6. The van der Waals surface area contributed by atoms with Crippen LogP contribution in [0.5, 0.6) is 0 Å². The first-order chi connectivity index (χ1) is 8.00. The molecule has 1 rings (SSSR count). The zero-order valence-corrected chi connectivity index (χ0v) is 11.4. The Morgan fingerprint density at radius 3 is 1.76 bits per heavy atom. The van der Waals surface area contributed by atoms with Gasteiger partial charge in [-0.3, -0.25) is 4.79 Å². The maximum atomic E-state index is 10.2. The van der Waals surface area contributed by atoms with Crippen molar-refractivity contribution in [3.05, 3.63) is 27.8 Å². The van der Waals surface area contributed by atoms with E-state index in [1.807, 2.05) is 0 Å². The predicted octanol–water partition coefficient (Wildman–Crippen LogP) is 2.39. The summed E-state index contributed by atoms with van der Waals surface area (Å²) in [5.41, 5.74) is 7.88. The van der Waals surface area contributed by atoms with Gasteiger partial charge in [0, 0.05) is 18.8 Å².